The Kier molecular flexibility index (Phi) is 6.63. The van der Waals surface area contributed by atoms with E-state index in [1.54, 1.807) is 6.08 Å². The number of ether oxygens (including phenoxy) is 2. The molecule has 0 saturated heterocycles. The number of Topliss-reactive ketones (excluding diaryl/α,β-unsaturated/α-hetero) is 1. The van der Waals surface area contributed by atoms with Crippen LogP contribution in [0.2, 0.25) is 0 Å². The molecule has 7 nitrogen and oxygen atoms in total. The van der Waals surface area contributed by atoms with Gasteiger partial charge in [0.15, 0.2) is 0 Å². The molecule has 1 aliphatic heterocycles. The lowest BCUT2D eigenvalue weighted by atomic mass is 9.87. The highest BCUT2D eigenvalue weighted by Gasteiger charge is 2.44. The molecule has 8 heteroatoms. The zero-order valence-electron chi connectivity index (χ0n) is 15.2. The number of hydrogen-bond donors (Lipinski definition) is 0. The molecule has 0 N–H and O–H groups in total. The molecule has 1 saturated carbocycles. The Morgan fingerprint density at radius 1 is 1.31 bits per heavy atom. The summed E-state index contributed by atoms with van der Waals surface area (Å²) in [6.07, 6.45) is 6.92. The molecule has 26 heavy (non-hydrogen) atoms. The maximum Gasteiger partial charge on any atom is 0.324 e. The lowest BCUT2D eigenvalue weighted by Gasteiger charge is -2.29. The van der Waals surface area contributed by atoms with Gasteiger partial charge in [-0.05, 0) is 51.5 Å². The summed E-state index contributed by atoms with van der Waals surface area (Å²) in [5.74, 6) is -1.07. The molecule has 0 spiro atoms. The van der Waals surface area contributed by atoms with Crippen LogP contribution in [0.15, 0.2) is 25.0 Å². The Morgan fingerprint density at radius 3 is 2.46 bits per heavy atom. The van der Waals surface area contributed by atoms with Gasteiger partial charge in [-0.15, -0.1) is 6.58 Å². The molecular weight excluding hydrogens is 360 g/mol. The smallest absolute Gasteiger partial charge is 0.324 e. The van der Waals surface area contributed by atoms with Crippen LogP contribution in [0.5, 0.6) is 0 Å². The van der Waals surface area contributed by atoms with Crippen molar-refractivity contribution in [2.45, 2.75) is 57.5 Å². The Morgan fingerprint density at radius 2 is 1.96 bits per heavy atom. The standard InChI is InChI=1S/C18H26O7S/c1-4-14-7-9-15(10-8-14)26(21,22)24-12-18(3,13(2)19)17(20)25-16-6-5-11-23-16/h4-5,11,14-16H,1,6-10,12H2,2-3H3. The topological polar surface area (TPSA) is 96.0 Å². The van der Waals surface area contributed by atoms with Crippen molar-refractivity contribution in [3.05, 3.63) is 25.0 Å². The molecule has 0 aromatic heterocycles. The fraction of sp³-hybridized carbons (Fsp3) is 0.667. The summed E-state index contributed by atoms with van der Waals surface area (Å²) in [6.45, 7) is 5.69. The van der Waals surface area contributed by atoms with Gasteiger partial charge in [0.25, 0.3) is 10.1 Å². The van der Waals surface area contributed by atoms with Crippen LogP contribution in [-0.2, 0) is 33.4 Å². The van der Waals surface area contributed by atoms with Crippen LogP contribution in [-0.4, -0.2) is 38.3 Å². The van der Waals surface area contributed by atoms with E-state index in [0.29, 0.717) is 25.2 Å². The van der Waals surface area contributed by atoms with E-state index < -0.39 is 45.4 Å². The van der Waals surface area contributed by atoms with E-state index >= 15 is 0 Å². The lowest BCUT2D eigenvalue weighted by Crippen LogP contribution is -2.43. The summed E-state index contributed by atoms with van der Waals surface area (Å²) >= 11 is 0. The lowest BCUT2D eigenvalue weighted by molar-refractivity contribution is -0.180. The number of hydrogen-bond acceptors (Lipinski definition) is 7. The van der Waals surface area contributed by atoms with Crippen molar-refractivity contribution in [2.24, 2.45) is 11.3 Å². The summed E-state index contributed by atoms with van der Waals surface area (Å²) < 4.78 is 40.3. The van der Waals surface area contributed by atoms with Gasteiger partial charge in [-0.2, -0.15) is 8.42 Å². The molecule has 1 fully saturated rings. The molecule has 2 unspecified atom stereocenters. The second kappa shape index (κ2) is 8.35. The Bertz CT molecular complexity index is 666. The van der Waals surface area contributed by atoms with E-state index in [1.807, 2.05) is 6.08 Å². The van der Waals surface area contributed by atoms with Gasteiger partial charge in [-0.25, -0.2) is 0 Å². The van der Waals surface area contributed by atoms with Crippen LogP contribution in [0.4, 0.5) is 0 Å². The van der Waals surface area contributed by atoms with Gasteiger partial charge in [0.05, 0.1) is 18.1 Å². The van der Waals surface area contributed by atoms with Gasteiger partial charge >= 0.3 is 5.97 Å². The van der Waals surface area contributed by atoms with E-state index in [4.69, 9.17) is 13.7 Å². The van der Waals surface area contributed by atoms with Crippen LogP contribution >= 0.6 is 0 Å². The van der Waals surface area contributed by atoms with Crippen molar-refractivity contribution in [2.75, 3.05) is 6.61 Å². The molecule has 1 aliphatic carbocycles. The van der Waals surface area contributed by atoms with Crippen LogP contribution in [0.1, 0.15) is 46.0 Å². The Hall–Kier alpha value is -1.67. The fourth-order valence-electron chi connectivity index (χ4n) is 2.90. The van der Waals surface area contributed by atoms with Crippen molar-refractivity contribution in [3.8, 4) is 0 Å². The van der Waals surface area contributed by atoms with Crippen molar-refractivity contribution in [1.29, 1.82) is 0 Å². The molecule has 2 aliphatic rings. The molecule has 146 valence electrons. The van der Waals surface area contributed by atoms with Crippen molar-refractivity contribution in [1.82, 2.24) is 0 Å². The normalized spacial score (nSPS) is 28.0. The highest BCUT2D eigenvalue weighted by molar-refractivity contribution is 7.87. The van der Waals surface area contributed by atoms with Crippen molar-refractivity contribution >= 4 is 21.9 Å². The number of carbonyl (C=O) groups excluding carboxylic acids is 2. The third kappa shape index (κ3) is 4.73. The molecule has 2 rings (SSSR count). The average Bonchev–Trinajstić information content (AvgIpc) is 3.12. The zero-order valence-corrected chi connectivity index (χ0v) is 16.0. The minimum atomic E-state index is -3.88. The SMILES string of the molecule is C=CC1CCC(S(=O)(=O)OCC(C)(C(C)=O)C(=O)OC2CC=CO2)CC1. The van der Waals surface area contributed by atoms with E-state index in [1.165, 1.54) is 20.1 Å². The van der Waals surface area contributed by atoms with Gasteiger partial charge in [0.2, 0.25) is 6.29 Å². The number of rotatable bonds is 8. The minimum absolute atomic E-state index is 0.318. The molecule has 0 radical (unpaired) electrons. The summed E-state index contributed by atoms with van der Waals surface area (Å²) in [5.41, 5.74) is -1.71. The third-order valence-corrected chi connectivity index (χ3v) is 6.83. The van der Waals surface area contributed by atoms with Gasteiger partial charge < -0.3 is 9.47 Å². The van der Waals surface area contributed by atoms with Crippen LogP contribution < -0.4 is 0 Å². The summed E-state index contributed by atoms with van der Waals surface area (Å²) in [5, 5.41) is -0.631. The summed E-state index contributed by atoms with van der Waals surface area (Å²) in [7, 11) is -3.88. The summed E-state index contributed by atoms with van der Waals surface area (Å²) in [4.78, 5) is 24.4. The third-order valence-electron chi connectivity index (χ3n) is 5.09. The maximum absolute atomic E-state index is 12.5. The quantitative estimate of drug-likeness (QED) is 0.274. The number of allylic oxidation sites excluding steroid dienone is 1. The van der Waals surface area contributed by atoms with Gasteiger partial charge in [-0.1, -0.05) is 6.08 Å². The number of carbonyl (C=O) groups is 2. The minimum Gasteiger partial charge on any atom is -0.462 e. The van der Waals surface area contributed by atoms with Gasteiger partial charge in [0, 0.05) is 6.42 Å². The highest BCUT2D eigenvalue weighted by atomic mass is 32.2. The average molecular weight is 386 g/mol. The van der Waals surface area contributed by atoms with E-state index in [-0.39, 0.29) is 0 Å². The molecule has 0 amide bonds. The van der Waals surface area contributed by atoms with Gasteiger partial charge in [-0.3, -0.25) is 13.8 Å². The first kappa shape index (κ1) is 20.6. The zero-order chi connectivity index (χ0) is 19.4. The predicted molar refractivity (Wildman–Crippen MR) is 94.3 cm³/mol. The Balaban J connectivity index is 1.99. The van der Waals surface area contributed by atoms with Crippen molar-refractivity contribution in [3.63, 3.8) is 0 Å². The molecule has 0 aromatic carbocycles. The molecular formula is C18H26O7S. The molecule has 0 aromatic rings. The second-order valence-electron chi connectivity index (χ2n) is 6.99. The second-order valence-corrected chi connectivity index (χ2v) is 8.88. The van der Waals surface area contributed by atoms with Gasteiger partial charge in [0.1, 0.15) is 11.2 Å². The molecule has 2 atom stereocenters. The predicted octanol–water partition coefficient (Wildman–Crippen LogP) is 2.48. The number of ketones is 1. The first-order valence-electron chi connectivity index (χ1n) is 8.72. The molecule has 1 heterocycles. The largest absolute Gasteiger partial charge is 0.462 e. The molecule has 0 bridgehead atoms. The Labute approximate surface area is 154 Å². The highest BCUT2D eigenvalue weighted by Crippen LogP contribution is 2.31. The maximum atomic E-state index is 12.5. The van der Waals surface area contributed by atoms with E-state index in [0.717, 1.165) is 12.8 Å². The first-order chi connectivity index (χ1) is 12.2. The number of esters is 1. The van der Waals surface area contributed by atoms with Crippen LogP contribution in [0, 0.1) is 11.3 Å². The summed E-state index contributed by atoms with van der Waals surface area (Å²) in [6, 6.07) is 0. The van der Waals surface area contributed by atoms with Crippen LogP contribution in [0.25, 0.3) is 0 Å². The van der Waals surface area contributed by atoms with Crippen LogP contribution in [0.3, 0.4) is 0 Å². The van der Waals surface area contributed by atoms with E-state index in [9.17, 15) is 18.0 Å². The monoisotopic (exact) mass is 386 g/mol. The van der Waals surface area contributed by atoms with Crippen molar-refractivity contribution < 1.29 is 31.7 Å². The van der Waals surface area contributed by atoms with E-state index in [2.05, 4.69) is 6.58 Å². The first-order valence-corrected chi connectivity index (χ1v) is 10.2. The fourth-order valence-corrected chi connectivity index (χ4v) is 4.35.